The molecule has 0 saturated carbocycles. The van der Waals surface area contributed by atoms with Gasteiger partial charge in [0.25, 0.3) is 5.91 Å². The summed E-state index contributed by atoms with van der Waals surface area (Å²) in [6, 6.07) is 17.5. The minimum Gasteiger partial charge on any atom is -0.448 e. The summed E-state index contributed by atoms with van der Waals surface area (Å²) in [7, 11) is 3.79. The molecule has 3 aromatic rings. The lowest BCUT2D eigenvalue weighted by molar-refractivity contribution is 0.102. The van der Waals surface area contributed by atoms with Gasteiger partial charge in [0.15, 0.2) is 0 Å². The number of nitrogen functional groups attached to an aromatic ring is 1. The van der Waals surface area contributed by atoms with Crippen molar-refractivity contribution in [3.63, 3.8) is 0 Å². The maximum Gasteiger partial charge on any atom is 0.411 e. The van der Waals surface area contributed by atoms with Gasteiger partial charge in [0, 0.05) is 29.6 Å². The third kappa shape index (κ3) is 6.28. The van der Waals surface area contributed by atoms with E-state index in [0.29, 0.717) is 29.2 Å². The van der Waals surface area contributed by atoms with E-state index in [1.54, 1.807) is 42.6 Å². The zero-order valence-corrected chi connectivity index (χ0v) is 17.5. The first-order chi connectivity index (χ1) is 14.9. The Morgan fingerprint density at radius 1 is 1.03 bits per heavy atom. The molecule has 31 heavy (non-hydrogen) atoms. The quantitative estimate of drug-likeness (QED) is 0.504. The maximum atomic E-state index is 12.7. The Kier molecular flexibility index (Phi) is 7.18. The molecular weight excluding hydrogens is 394 g/mol. The van der Waals surface area contributed by atoms with Crippen LogP contribution in [0.25, 0.3) is 11.3 Å². The lowest BCUT2D eigenvalue weighted by Gasteiger charge is -2.12. The molecule has 0 saturated heterocycles. The second-order valence-corrected chi connectivity index (χ2v) is 7.11. The van der Waals surface area contributed by atoms with Gasteiger partial charge in [-0.2, -0.15) is 0 Å². The number of amides is 2. The molecule has 0 aliphatic rings. The molecule has 0 fully saturated rings. The lowest BCUT2D eigenvalue weighted by atomic mass is 10.1. The molecule has 8 nitrogen and oxygen atoms in total. The molecule has 160 valence electrons. The van der Waals surface area contributed by atoms with E-state index in [9.17, 15) is 9.59 Å². The van der Waals surface area contributed by atoms with Crippen LogP contribution in [0.3, 0.4) is 0 Å². The van der Waals surface area contributed by atoms with E-state index in [1.807, 2.05) is 43.3 Å². The van der Waals surface area contributed by atoms with Crippen LogP contribution in [0.4, 0.5) is 21.9 Å². The number of likely N-dealkylation sites (N-methyl/N-ethyl adjacent to an activating group) is 1. The summed E-state index contributed by atoms with van der Waals surface area (Å²) < 4.78 is 5.08. The molecule has 0 aliphatic heterocycles. The van der Waals surface area contributed by atoms with Crippen LogP contribution in [-0.4, -0.2) is 49.1 Å². The number of pyridine rings is 1. The minimum atomic E-state index is -0.543. The molecule has 3 rings (SSSR count). The largest absolute Gasteiger partial charge is 0.448 e. The van der Waals surface area contributed by atoms with Gasteiger partial charge < -0.3 is 20.7 Å². The number of benzene rings is 2. The number of aromatic nitrogens is 1. The van der Waals surface area contributed by atoms with Crippen molar-refractivity contribution in [3.05, 3.63) is 72.4 Å². The zero-order chi connectivity index (χ0) is 22.2. The molecule has 1 aromatic heterocycles. The Morgan fingerprint density at radius 2 is 1.81 bits per heavy atom. The van der Waals surface area contributed by atoms with Crippen LogP contribution in [0.5, 0.6) is 0 Å². The van der Waals surface area contributed by atoms with Crippen LogP contribution >= 0.6 is 0 Å². The molecular formula is C23H25N5O3. The van der Waals surface area contributed by atoms with Crippen molar-refractivity contribution in [1.82, 2.24) is 9.88 Å². The molecule has 8 heteroatoms. The highest BCUT2D eigenvalue weighted by atomic mass is 16.5. The molecule has 0 bridgehead atoms. The van der Waals surface area contributed by atoms with Crippen molar-refractivity contribution >= 4 is 29.1 Å². The predicted molar refractivity (Wildman–Crippen MR) is 122 cm³/mol. The number of carbonyl (C=O) groups is 2. The summed E-state index contributed by atoms with van der Waals surface area (Å²) in [4.78, 5) is 30.7. The van der Waals surface area contributed by atoms with Crippen LogP contribution in [0, 0.1) is 0 Å². The number of anilines is 3. The topological polar surface area (TPSA) is 110 Å². The number of hydrogen-bond donors (Lipinski definition) is 3. The molecule has 0 atom stereocenters. The van der Waals surface area contributed by atoms with E-state index in [-0.39, 0.29) is 12.5 Å². The first-order valence-electron chi connectivity index (χ1n) is 9.73. The van der Waals surface area contributed by atoms with Gasteiger partial charge in [0.05, 0.1) is 17.1 Å². The van der Waals surface area contributed by atoms with Crippen LogP contribution in [0.2, 0.25) is 0 Å². The van der Waals surface area contributed by atoms with Crippen molar-refractivity contribution in [2.24, 2.45) is 0 Å². The maximum absolute atomic E-state index is 12.7. The molecule has 0 aliphatic carbocycles. The second-order valence-electron chi connectivity index (χ2n) is 7.11. The third-order valence-electron chi connectivity index (χ3n) is 4.43. The van der Waals surface area contributed by atoms with Crippen LogP contribution in [0.1, 0.15) is 10.4 Å². The van der Waals surface area contributed by atoms with Crippen molar-refractivity contribution < 1.29 is 14.3 Å². The normalized spacial score (nSPS) is 10.5. The summed E-state index contributed by atoms with van der Waals surface area (Å²) >= 11 is 0. The molecule has 2 aromatic carbocycles. The highest BCUT2D eigenvalue weighted by Gasteiger charge is 2.11. The smallest absolute Gasteiger partial charge is 0.411 e. The van der Waals surface area contributed by atoms with Crippen molar-refractivity contribution in [1.29, 1.82) is 0 Å². The summed E-state index contributed by atoms with van der Waals surface area (Å²) in [5, 5.41) is 5.45. The van der Waals surface area contributed by atoms with Crippen molar-refractivity contribution in [2.45, 2.75) is 0 Å². The standard InChI is InChI=1S/C23H25N5O3/c1-28(2)13-14-31-23(30)26-18-9-6-16(7-10-18)22(29)27-21-15-17(8-11-19(21)24)20-5-3-4-12-25-20/h3-12,15H,13-14,24H2,1-2H3,(H,26,30)(H,27,29). The van der Waals surface area contributed by atoms with E-state index in [1.165, 1.54) is 0 Å². The average molecular weight is 419 g/mol. The summed E-state index contributed by atoms with van der Waals surface area (Å²) in [5.41, 5.74) is 9.57. The van der Waals surface area contributed by atoms with Gasteiger partial charge in [-0.1, -0.05) is 12.1 Å². The van der Waals surface area contributed by atoms with Crippen LogP contribution in [-0.2, 0) is 4.74 Å². The van der Waals surface area contributed by atoms with E-state index in [0.717, 1.165) is 11.3 Å². The van der Waals surface area contributed by atoms with Gasteiger partial charge in [-0.15, -0.1) is 0 Å². The Balaban J connectivity index is 1.63. The summed E-state index contributed by atoms with van der Waals surface area (Å²) in [5.74, 6) is -0.315. The lowest BCUT2D eigenvalue weighted by Crippen LogP contribution is -2.22. The third-order valence-corrected chi connectivity index (χ3v) is 4.43. The van der Waals surface area contributed by atoms with E-state index in [4.69, 9.17) is 10.5 Å². The fraction of sp³-hybridized carbons (Fsp3) is 0.174. The number of nitrogens with one attached hydrogen (secondary N) is 2. The molecule has 2 amide bonds. The van der Waals surface area contributed by atoms with Gasteiger partial charge in [-0.05, 0) is 62.6 Å². The van der Waals surface area contributed by atoms with E-state index < -0.39 is 6.09 Å². The number of rotatable bonds is 7. The van der Waals surface area contributed by atoms with Gasteiger partial charge in [-0.25, -0.2) is 4.79 Å². The highest BCUT2D eigenvalue weighted by Crippen LogP contribution is 2.26. The predicted octanol–water partition coefficient (Wildman–Crippen LogP) is 3.69. The SMILES string of the molecule is CN(C)CCOC(=O)Nc1ccc(C(=O)Nc2cc(-c3ccccn3)ccc2N)cc1. The highest BCUT2D eigenvalue weighted by molar-refractivity contribution is 6.06. The summed E-state index contributed by atoms with van der Waals surface area (Å²) in [6.45, 7) is 0.926. The van der Waals surface area contributed by atoms with E-state index >= 15 is 0 Å². The number of nitrogens with zero attached hydrogens (tertiary/aromatic N) is 2. The Labute approximate surface area is 181 Å². The van der Waals surface area contributed by atoms with Crippen molar-refractivity contribution in [2.75, 3.05) is 43.6 Å². The number of ether oxygens (including phenoxy) is 1. The Morgan fingerprint density at radius 3 is 2.48 bits per heavy atom. The van der Waals surface area contributed by atoms with Crippen molar-refractivity contribution in [3.8, 4) is 11.3 Å². The number of carbonyl (C=O) groups excluding carboxylic acids is 2. The Hall–Kier alpha value is -3.91. The van der Waals surface area contributed by atoms with Gasteiger partial charge in [-0.3, -0.25) is 15.1 Å². The van der Waals surface area contributed by atoms with Crippen LogP contribution < -0.4 is 16.4 Å². The first-order valence-corrected chi connectivity index (χ1v) is 9.73. The van der Waals surface area contributed by atoms with Crippen LogP contribution in [0.15, 0.2) is 66.9 Å². The minimum absolute atomic E-state index is 0.290. The molecule has 1 heterocycles. The number of hydrogen-bond acceptors (Lipinski definition) is 6. The van der Waals surface area contributed by atoms with Gasteiger partial charge in [0.1, 0.15) is 6.61 Å². The summed E-state index contributed by atoms with van der Waals surface area (Å²) in [6.07, 6.45) is 1.16. The molecule has 0 radical (unpaired) electrons. The Bertz CT molecular complexity index is 1040. The molecule has 0 spiro atoms. The first kappa shape index (κ1) is 21.8. The average Bonchev–Trinajstić information content (AvgIpc) is 2.76. The van der Waals surface area contributed by atoms with Gasteiger partial charge in [0.2, 0.25) is 0 Å². The second kappa shape index (κ2) is 10.2. The monoisotopic (exact) mass is 419 g/mol. The number of nitrogens with two attached hydrogens (primary N) is 1. The fourth-order valence-corrected chi connectivity index (χ4v) is 2.73. The molecule has 0 unspecified atom stereocenters. The van der Waals surface area contributed by atoms with Gasteiger partial charge >= 0.3 is 6.09 Å². The van der Waals surface area contributed by atoms with E-state index in [2.05, 4.69) is 15.6 Å². The zero-order valence-electron chi connectivity index (χ0n) is 17.5. The fourth-order valence-electron chi connectivity index (χ4n) is 2.73. The molecule has 4 N–H and O–H groups in total.